The van der Waals surface area contributed by atoms with Gasteiger partial charge in [0.05, 0.1) is 5.56 Å². The van der Waals surface area contributed by atoms with Crippen LogP contribution in [0.3, 0.4) is 0 Å². The van der Waals surface area contributed by atoms with E-state index in [0.29, 0.717) is 23.8 Å². The van der Waals surface area contributed by atoms with Gasteiger partial charge >= 0.3 is 0 Å². The predicted molar refractivity (Wildman–Crippen MR) is 110 cm³/mol. The van der Waals surface area contributed by atoms with Crippen molar-refractivity contribution in [1.29, 1.82) is 0 Å². The standard InChI is InChI=1S/C26H25FO2/c1-26-12-11-19-20(22(26)15-23(27)25(26)29)10-9-17-14-24(28)18(13-21(17)19)8-7-16-5-3-2-4-6-16/h2-6,13-14,19-20,22-23,28H,9-12,15H2,1H3/t19?,20?,22?,23-,26+/m1/s1. The lowest BCUT2D eigenvalue weighted by atomic mass is 9.55. The smallest absolute Gasteiger partial charge is 0.173 e. The molecule has 2 saturated carbocycles. The third-order valence-corrected chi connectivity index (χ3v) is 7.65. The lowest BCUT2D eigenvalue weighted by molar-refractivity contribution is -0.132. The van der Waals surface area contributed by atoms with Gasteiger partial charge in [-0.1, -0.05) is 37.0 Å². The molecule has 148 valence electrons. The van der Waals surface area contributed by atoms with E-state index in [0.717, 1.165) is 31.2 Å². The average Bonchev–Trinajstić information content (AvgIpc) is 2.96. The first kappa shape index (κ1) is 18.4. The van der Waals surface area contributed by atoms with Crippen LogP contribution in [0.4, 0.5) is 4.39 Å². The Balaban J connectivity index is 1.50. The van der Waals surface area contributed by atoms with Gasteiger partial charge in [0, 0.05) is 11.0 Å². The van der Waals surface area contributed by atoms with Gasteiger partial charge in [0.25, 0.3) is 0 Å². The minimum absolute atomic E-state index is 0.129. The van der Waals surface area contributed by atoms with E-state index in [2.05, 4.69) is 11.8 Å². The molecular weight excluding hydrogens is 363 g/mol. The lowest BCUT2D eigenvalue weighted by Crippen LogP contribution is -2.42. The predicted octanol–water partition coefficient (Wildman–Crippen LogP) is 5.17. The van der Waals surface area contributed by atoms with Crippen molar-refractivity contribution in [3.8, 4) is 17.6 Å². The molecule has 0 bridgehead atoms. The van der Waals surface area contributed by atoms with Crippen LogP contribution < -0.4 is 0 Å². The highest BCUT2D eigenvalue weighted by molar-refractivity contribution is 5.91. The second-order valence-corrected chi connectivity index (χ2v) is 9.12. The maximum Gasteiger partial charge on any atom is 0.173 e. The molecule has 0 aliphatic heterocycles. The fraction of sp³-hybridized carbons (Fsp3) is 0.423. The van der Waals surface area contributed by atoms with Gasteiger partial charge in [-0.25, -0.2) is 4.39 Å². The van der Waals surface area contributed by atoms with Gasteiger partial charge in [0.15, 0.2) is 12.0 Å². The van der Waals surface area contributed by atoms with Crippen LogP contribution in [-0.4, -0.2) is 17.1 Å². The molecule has 2 nitrogen and oxygen atoms in total. The molecule has 0 saturated heterocycles. The van der Waals surface area contributed by atoms with E-state index in [9.17, 15) is 14.3 Å². The maximum absolute atomic E-state index is 14.3. The number of phenols is 1. The molecule has 0 heterocycles. The highest BCUT2D eigenvalue weighted by atomic mass is 19.1. The number of carbonyl (C=O) groups excluding carboxylic acids is 1. The van der Waals surface area contributed by atoms with E-state index < -0.39 is 11.6 Å². The number of benzene rings is 2. The summed E-state index contributed by atoms with van der Waals surface area (Å²) in [5, 5.41) is 10.5. The number of halogens is 1. The molecule has 29 heavy (non-hydrogen) atoms. The Morgan fingerprint density at radius 1 is 1.14 bits per heavy atom. The van der Waals surface area contributed by atoms with Gasteiger partial charge in [-0.05, 0) is 85.3 Å². The fourth-order valence-electron chi connectivity index (χ4n) is 6.12. The molecule has 3 unspecified atom stereocenters. The summed E-state index contributed by atoms with van der Waals surface area (Å²) in [6.45, 7) is 1.99. The molecule has 0 aromatic heterocycles. The van der Waals surface area contributed by atoms with Gasteiger partial charge in [0.1, 0.15) is 5.75 Å². The van der Waals surface area contributed by atoms with Crippen LogP contribution in [0.2, 0.25) is 0 Å². The van der Waals surface area contributed by atoms with Crippen LogP contribution in [0.25, 0.3) is 0 Å². The summed E-state index contributed by atoms with van der Waals surface area (Å²) in [6, 6.07) is 13.7. The Morgan fingerprint density at radius 3 is 2.72 bits per heavy atom. The molecule has 2 fully saturated rings. The average molecular weight is 388 g/mol. The van der Waals surface area contributed by atoms with Crippen LogP contribution in [0.15, 0.2) is 42.5 Å². The van der Waals surface area contributed by atoms with Gasteiger partial charge in [0.2, 0.25) is 0 Å². The Hall–Kier alpha value is -2.60. The van der Waals surface area contributed by atoms with E-state index in [1.54, 1.807) is 0 Å². The van der Waals surface area contributed by atoms with E-state index in [4.69, 9.17) is 0 Å². The monoisotopic (exact) mass is 388 g/mol. The minimum atomic E-state index is -1.29. The molecule has 2 aromatic rings. The summed E-state index contributed by atoms with van der Waals surface area (Å²) in [6.07, 6.45) is 2.57. The van der Waals surface area contributed by atoms with Gasteiger partial charge in [-0.2, -0.15) is 0 Å². The molecular formula is C26H25FO2. The SMILES string of the molecule is C[C@]12CCC3c4cc(C#Cc5ccccc5)c(O)cc4CCC3C1C[C@@H](F)C2=O. The van der Waals surface area contributed by atoms with Crippen LogP contribution in [0.1, 0.15) is 60.8 Å². The molecule has 3 aliphatic rings. The van der Waals surface area contributed by atoms with Crippen LogP contribution in [0, 0.1) is 29.1 Å². The second-order valence-electron chi connectivity index (χ2n) is 9.12. The van der Waals surface area contributed by atoms with Crippen LogP contribution in [0.5, 0.6) is 5.75 Å². The molecule has 1 N–H and O–H groups in total. The molecule has 0 spiro atoms. The molecule has 3 aliphatic carbocycles. The number of carbonyl (C=O) groups is 1. The molecule has 0 radical (unpaired) electrons. The van der Waals surface area contributed by atoms with Crippen molar-refractivity contribution in [2.24, 2.45) is 17.3 Å². The first-order valence-electron chi connectivity index (χ1n) is 10.6. The number of alkyl halides is 1. The van der Waals surface area contributed by atoms with Crippen molar-refractivity contribution in [1.82, 2.24) is 0 Å². The zero-order valence-corrected chi connectivity index (χ0v) is 16.6. The van der Waals surface area contributed by atoms with Crippen molar-refractivity contribution < 1.29 is 14.3 Å². The first-order valence-corrected chi connectivity index (χ1v) is 10.6. The van der Waals surface area contributed by atoms with Gasteiger partial charge in [-0.3, -0.25) is 4.79 Å². The van der Waals surface area contributed by atoms with E-state index in [1.165, 1.54) is 11.1 Å². The Kier molecular flexibility index (Phi) is 4.28. The first-order chi connectivity index (χ1) is 14.0. The Morgan fingerprint density at radius 2 is 1.93 bits per heavy atom. The highest BCUT2D eigenvalue weighted by Crippen LogP contribution is 2.60. The molecule has 5 atom stereocenters. The Bertz CT molecular complexity index is 1030. The van der Waals surface area contributed by atoms with Crippen molar-refractivity contribution in [2.45, 2.75) is 51.1 Å². The van der Waals surface area contributed by atoms with Crippen molar-refractivity contribution in [3.63, 3.8) is 0 Å². The van der Waals surface area contributed by atoms with Crippen molar-refractivity contribution in [2.75, 3.05) is 0 Å². The fourth-order valence-corrected chi connectivity index (χ4v) is 6.12. The summed E-state index contributed by atoms with van der Waals surface area (Å²) in [7, 11) is 0. The number of hydrogen-bond donors (Lipinski definition) is 1. The van der Waals surface area contributed by atoms with Gasteiger partial charge in [-0.15, -0.1) is 0 Å². The third-order valence-electron chi connectivity index (χ3n) is 7.65. The number of aromatic hydroxyl groups is 1. The largest absolute Gasteiger partial charge is 0.507 e. The molecule has 5 rings (SSSR count). The van der Waals surface area contributed by atoms with Crippen molar-refractivity contribution >= 4 is 5.78 Å². The topological polar surface area (TPSA) is 37.3 Å². The number of rotatable bonds is 0. The summed E-state index contributed by atoms with van der Waals surface area (Å²) in [5.41, 5.74) is 3.49. The molecule has 0 amide bonds. The third kappa shape index (κ3) is 2.89. The summed E-state index contributed by atoms with van der Waals surface area (Å²) in [4.78, 5) is 12.5. The number of hydrogen-bond acceptors (Lipinski definition) is 2. The Labute approximate surface area is 171 Å². The molecule has 2 aromatic carbocycles. The number of Topliss-reactive ketones (excluding diaryl/α,β-unsaturated/α-hetero) is 1. The quantitative estimate of drug-likeness (QED) is 0.633. The van der Waals surface area contributed by atoms with Crippen LogP contribution >= 0.6 is 0 Å². The number of aryl methyl sites for hydroxylation is 1. The lowest BCUT2D eigenvalue weighted by Gasteiger charge is -2.48. The number of phenolic OH excluding ortho intramolecular Hbond substituents is 1. The summed E-state index contributed by atoms with van der Waals surface area (Å²) in [5.74, 6) is 7.11. The number of fused-ring (bicyclic) bond motifs is 5. The normalized spacial score (nSPS) is 32.6. The zero-order valence-electron chi connectivity index (χ0n) is 16.6. The maximum atomic E-state index is 14.3. The number of ketones is 1. The summed E-state index contributed by atoms with van der Waals surface area (Å²) >= 11 is 0. The van der Waals surface area contributed by atoms with Crippen molar-refractivity contribution in [3.05, 3.63) is 64.7 Å². The van der Waals surface area contributed by atoms with E-state index in [-0.39, 0.29) is 17.5 Å². The van der Waals surface area contributed by atoms with E-state index in [1.807, 2.05) is 49.4 Å². The molecule has 3 heteroatoms. The zero-order chi connectivity index (χ0) is 20.2. The second kappa shape index (κ2) is 6.73. The van der Waals surface area contributed by atoms with Crippen LogP contribution in [-0.2, 0) is 11.2 Å². The minimum Gasteiger partial charge on any atom is -0.507 e. The summed E-state index contributed by atoms with van der Waals surface area (Å²) < 4.78 is 14.3. The highest BCUT2D eigenvalue weighted by Gasteiger charge is 2.58. The van der Waals surface area contributed by atoms with Gasteiger partial charge < -0.3 is 5.11 Å². The van der Waals surface area contributed by atoms with E-state index >= 15 is 0 Å².